The van der Waals surface area contributed by atoms with Crippen LogP contribution in [-0.4, -0.2) is 29.0 Å². The molecule has 126 valence electrons. The third-order valence-corrected chi connectivity index (χ3v) is 3.14. The first-order chi connectivity index (χ1) is 11.4. The number of aromatic nitrogens is 1. The zero-order valence-electron chi connectivity index (χ0n) is 13.4. The Bertz CT molecular complexity index is 797. The molecule has 0 unspecified atom stereocenters. The van der Waals surface area contributed by atoms with Crippen molar-refractivity contribution in [3.8, 4) is 5.69 Å². The topological polar surface area (TPSA) is 80.2 Å². The first-order valence-electron chi connectivity index (χ1n) is 7.43. The average Bonchev–Trinajstić information content (AvgIpc) is 2.53. The molecule has 0 fully saturated rings. The summed E-state index contributed by atoms with van der Waals surface area (Å²) < 4.78 is 14.2. The summed E-state index contributed by atoms with van der Waals surface area (Å²) in [6.45, 7) is 3.48. The summed E-state index contributed by atoms with van der Waals surface area (Å²) in [5.41, 5.74) is 0.306. The second-order valence-electron chi connectivity index (χ2n) is 5.51. The van der Waals surface area contributed by atoms with E-state index in [-0.39, 0.29) is 29.6 Å². The smallest absolute Gasteiger partial charge is 0.255 e. The molecule has 24 heavy (non-hydrogen) atoms. The Kier molecular flexibility index (Phi) is 5.47. The van der Waals surface area contributed by atoms with Gasteiger partial charge in [-0.3, -0.25) is 19.0 Å². The maximum Gasteiger partial charge on any atom is 0.255 e. The fraction of sp³-hybridized carbons (Fsp3) is 0.235. The molecular formula is C17H18FN3O3. The van der Waals surface area contributed by atoms with Crippen LogP contribution < -0.4 is 16.2 Å². The van der Waals surface area contributed by atoms with Gasteiger partial charge in [-0.05, 0) is 44.2 Å². The molecule has 0 bridgehead atoms. The Balaban J connectivity index is 2.15. The molecule has 2 aromatic rings. The summed E-state index contributed by atoms with van der Waals surface area (Å²) in [4.78, 5) is 35.6. The zero-order chi connectivity index (χ0) is 17.7. The highest BCUT2D eigenvalue weighted by Crippen LogP contribution is 2.08. The quantitative estimate of drug-likeness (QED) is 0.865. The molecule has 0 atom stereocenters. The number of halogens is 1. The number of nitrogens with one attached hydrogen (secondary N) is 2. The van der Waals surface area contributed by atoms with Crippen molar-refractivity contribution in [2.45, 2.75) is 19.9 Å². The lowest BCUT2D eigenvalue weighted by molar-refractivity contribution is -0.120. The van der Waals surface area contributed by atoms with Gasteiger partial charge in [0.2, 0.25) is 5.91 Å². The van der Waals surface area contributed by atoms with E-state index in [0.29, 0.717) is 5.69 Å². The van der Waals surface area contributed by atoms with Crippen molar-refractivity contribution in [2.75, 3.05) is 6.54 Å². The molecule has 0 saturated carbocycles. The number of carbonyl (C=O) groups is 2. The van der Waals surface area contributed by atoms with E-state index in [4.69, 9.17) is 0 Å². The van der Waals surface area contributed by atoms with Gasteiger partial charge >= 0.3 is 0 Å². The number of nitrogens with zero attached hydrogens (tertiary/aromatic N) is 1. The summed E-state index contributed by atoms with van der Waals surface area (Å²) in [7, 11) is 0. The molecule has 0 saturated heterocycles. The van der Waals surface area contributed by atoms with Crippen LogP contribution in [0.4, 0.5) is 4.39 Å². The fourth-order valence-electron chi connectivity index (χ4n) is 2.06. The van der Waals surface area contributed by atoms with Crippen molar-refractivity contribution < 1.29 is 14.0 Å². The second-order valence-corrected chi connectivity index (χ2v) is 5.51. The van der Waals surface area contributed by atoms with Gasteiger partial charge < -0.3 is 10.6 Å². The van der Waals surface area contributed by atoms with Crippen LogP contribution in [0.1, 0.15) is 24.2 Å². The minimum absolute atomic E-state index is 0.0187. The standard InChI is InChI=1S/C17H18FN3O3/c1-11(2)20-15(22)9-19-17(24)12-3-8-16(23)21(10-12)14-6-4-13(18)5-7-14/h3-8,10-11H,9H2,1-2H3,(H,19,24)(H,20,22). The van der Waals surface area contributed by atoms with Gasteiger partial charge in [-0.2, -0.15) is 0 Å². The summed E-state index contributed by atoms with van der Waals surface area (Å²) in [6.07, 6.45) is 1.35. The highest BCUT2D eigenvalue weighted by Gasteiger charge is 2.11. The van der Waals surface area contributed by atoms with Crippen molar-refractivity contribution >= 4 is 11.8 Å². The number of amides is 2. The van der Waals surface area contributed by atoms with Crippen LogP contribution in [0, 0.1) is 5.82 Å². The molecular weight excluding hydrogens is 313 g/mol. The number of hydrogen-bond donors (Lipinski definition) is 2. The lowest BCUT2D eigenvalue weighted by Crippen LogP contribution is -2.40. The van der Waals surface area contributed by atoms with Crippen LogP contribution in [0.3, 0.4) is 0 Å². The van der Waals surface area contributed by atoms with Gasteiger partial charge in [-0.1, -0.05) is 0 Å². The van der Waals surface area contributed by atoms with Crippen molar-refractivity contribution in [2.24, 2.45) is 0 Å². The van der Waals surface area contributed by atoms with Crippen LogP contribution in [0.25, 0.3) is 5.69 Å². The van der Waals surface area contributed by atoms with Crippen molar-refractivity contribution in [1.29, 1.82) is 0 Å². The number of rotatable bonds is 5. The van der Waals surface area contributed by atoms with Gasteiger partial charge in [0, 0.05) is 24.0 Å². The average molecular weight is 331 g/mol. The Morgan fingerprint density at radius 3 is 2.42 bits per heavy atom. The lowest BCUT2D eigenvalue weighted by atomic mass is 10.2. The largest absolute Gasteiger partial charge is 0.352 e. The normalized spacial score (nSPS) is 10.5. The Morgan fingerprint density at radius 2 is 1.79 bits per heavy atom. The summed E-state index contributed by atoms with van der Waals surface area (Å²) in [6, 6.07) is 7.93. The molecule has 2 N–H and O–H groups in total. The van der Waals surface area contributed by atoms with Gasteiger partial charge in [0.15, 0.2) is 0 Å². The van der Waals surface area contributed by atoms with E-state index in [9.17, 15) is 18.8 Å². The third-order valence-electron chi connectivity index (χ3n) is 3.14. The van der Waals surface area contributed by atoms with Crippen LogP contribution in [-0.2, 0) is 4.79 Å². The highest BCUT2D eigenvalue weighted by molar-refractivity contribution is 5.96. The van der Waals surface area contributed by atoms with Gasteiger partial charge in [0.25, 0.3) is 11.5 Å². The Morgan fingerprint density at radius 1 is 1.12 bits per heavy atom. The monoisotopic (exact) mass is 331 g/mol. The molecule has 0 radical (unpaired) electrons. The number of hydrogen-bond acceptors (Lipinski definition) is 3. The molecule has 0 aliphatic rings. The maximum absolute atomic E-state index is 13.0. The number of pyridine rings is 1. The van der Waals surface area contributed by atoms with E-state index >= 15 is 0 Å². The molecule has 1 heterocycles. The minimum Gasteiger partial charge on any atom is -0.352 e. The molecule has 1 aromatic heterocycles. The maximum atomic E-state index is 13.0. The van der Waals surface area contributed by atoms with Crippen LogP contribution >= 0.6 is 0 Å². The van der Waals surface area contributed by atoms with Crippen LogP contribution in [0.15, 0.2) is 47.4 Å². The Labute approximate surface area is 138 Å². The SMILES string of the molecule is CC(C)NC(=O)CNC(=O)c1ccc(=O)n(-c2ccc(F)cc2)c1. The highest BCUT2D eigenvalue weighted by atomic mass is 19.1. The van der Waals surface area contributed by atoms with E-state index in [1.165, 1.54) is 47.2 Å². The lowest BCUT2D eigenvalue weighted by Gasteiger charge is -2.10. The fourth-order valence-corrected chi connectivity index (χ4v) is 2.06. The van der Waals surface area contributed by atoms with Crippen molar-refractivity contribution in [3.63, 3.8) is 0 Å². The van der Waals surface area contributed by atoms with E-state index < -0.39 is 11.7 Å². The van der Waals surface area contributed by atoms with E-state index in [0.717, 1.165) is 0 Å². The molecule has 0 aliphatic carbocycles. The van der Waals surface area contributed by atoms with E-state index in [1.807, 2.05) is 13.8 Å². The van der Waals surface area contributed by atoms with Crippen LogP contribution in [0.2, 0.25) is 0 Å². The summed E-state index contributed by atoms with van der Waals surface area (Å²) >= 11 is 0. The molecule has 0 aliphatic heterocycles. The molecule has 2 amide bonds. The summed E-state index contributed by atoms with van der Waals surface area (Å²) in [5, 5.41) is 5.14. The van der Waals surface area contributed by atoms with E-state index in [1.54, 1.807) is 0 Å². The predicted molar refractivity (Wildman–Crippen MR) is 87.6 cm³/mol. The number of carbonyl (C=O) groups excluding carboxylic acids is 2. The van der Waals surface area contributed by atoms with Gasteiger partial charge in [-0.25, -0.2) is 4.39 Å². The summed E-state index contributed by atoms with van der Waals surface area (Å²) in [5.74, 6) is -1.20. The molecule has 1 aromatic carbocycles. The zero-order valence-corrected chi connectivity index (χ0v) is 13.4. The first kappa shape index (κ1) is 17.4. The third kappa shape index (κ3) is 4.52. The first-order valence-corrected chi connectivity index (χ1v) is 7.43. The molecule has 7 heteroatoms. The minimum atomic E-state index is -0.482. The Hall–Kier alpha value is -2.96. The van der Waals surface area contributed by atoms with Crippen LogP contribution in [0.5, 0.6) is 0 Å². The predicted octanol–water partition coefficient (Wildman–Crippen LogP) is 1.23. The molecule has 2 rings (SSSR count). The van der Waals surface area contributed by atoms with E-state index in [2.05, 4.69) is 10.6 Å². The van der Waals surface area contributed by atoms with Gasteiger partial charge in [0.1, 0.15) is 5.82 Å². The van der Waals surface area contributed by atoms with Crippen molar-refractivity contribution in [3.05, 3.63) is 64.3 Å². The van der Waals surface area contributed by atoms with Crippen molar-refractivity contribution in [1.82, 2.24) is 15.2 Å². The second kappa shape index (κ2) is 7.54. The number of benzene rings is 1. The molecule has 6 nitrogen and oxygen atoms in total. The molecule has 0 spiro atoms. The van der Waals surface area contributed by atoms with Gasteiger partial charge in [0.05, 0.1) is 12.1 Å². The van der Waals surface area contributed by atoms with Gasteiger partial charge in [-0.15, -0.1) is 0 Å².